The number of carbonyl (C=O) groups is 1. The van der Waals surface area contributed by atoms with E-state index in [4.69, 9.17) is 4.74 Å². The first kappa shape index (κ1) is 13.1. The van der Waals surface area contributed by atoms with Crippen molar-refractivity contribution in [3.63, 3.8) is 0 Å². The van der Waals surface area contributed by atoms with E-state index in [1.54, 1.807) is 0 Å². The van der Waals surface area contributed by atoms with Crippen molar-refractivity contribution in [2.24, 2.45) is 29.6 Å². The lowest BCUT2D eigenvalue weighted by molar-refractivity contribution is -0.148. The molecule has 112 valence electrons. The van der Waals surface area contributed by atoms with Gasteiger partial charge in [-0.2, -0.15) is 0 Å². The van der Waals surface area contributed by atoms with Crippen molar-refractivity contribution in [3.8, 4) is 0 Å². The molecule has 3 aliphatic heterocycles. The zero-order chi connectivity index (χ0) is 13.9. The number of nitrogens with zero attached hydrogens (tertiary/aromatic N) is 1. The molecule has 0 bridgehead atoms. The molecule has 3 heteroatoms. The molecule has 0 aromatic heterocycles. The molecule has 20 heavy (non-hydrogen) atoms. The second-order valence-electron chi connectivity index (χ2n) is 7.48. The van der Waals surface area contributed by atoms with Crippen LogP contribution in [0.5, 0.6) is 0 Å². The molecule has 0 spiro atoms. The Bertz CT molecular complexity index is 410. The highest BCUT2D eigenvalue weighted by Gasteiger charge is 2.60. The van der Waals surface area contributed by atoms with Crippen LogP contribution in [0.1, 0.15) is 46.0 Å². The standard InChI is InChI=1S/C17H27NO2/c1-3-11-12-6-4-5-8-18-9-7-13(15(12)18)14-10(2)17(19)20-16(11)14/h10-16H,3-9H2,1-2H3/t10-,11+,12?,13+,14+,15+,16-/m0/s1. The van der Waals surface area contributed by atoms with Crippen molar-refractivity contribution in [1.82, 2.24) is 4.90 Å². The average Bonchev–Trinajstić information content (AvgIpc) is 2.89. The average molecular weight is 277 g/mol. The first-order valence-electron chi connectivity index (χ1n) is 8.67. The molecular formula is C17H27NO2. The van der Waals surface area contributed by atoms with Crippen molar-refractivity contribution in [2.75, 3.05) is 13.1 Å². The molecule has 3 saturated heterocycles. The van der Waals surface area contributed by atoms with Gasteiger partial charge in [-0.3, -0.25) is 9.69 Å². The Morgan fingerprint density at radius 2 is 2.05 bits per heavy atom. The molecule has 1 saturated carbocycles. The molecule has 4 rings (SSSR count). The number of hydrogen-bond acceptors (Lipinski definition) is 3. The highest BCUT2D eigenvalue weighted by atomic mass is 16.6. The van der Waals surface area contributed by atoms with E-state index in [9.17, 15) is 4.79 Å². The molecule has 7 atom stereocenters. The third kappa shape index (κ3) is 1.65. The minimum absolute atomic E-state index is 0.0772. The SMILES string of the molecule is CC[C@@H]1C2CCCCN3CC[C@H]([C@@H]4[C@H]1OC(=O)[C@H]4C)[C@@H]23. The number of fused-ring (bicyclic) bond motifs is 2. The summed E-state index contributed by atoms with van der Waals surface area (Å²) in [4.78, 5) is 14.9. The summed E-state index contributed by atoms with van der Waals surface area (Å²) in [6.45, 7) is 6.95. The fraction of sp³-hybridized carbons (Fsp3) is 0.941. The lowest BCUT2D eigenvalue weighted by Crippen LogP contribution is -2.53. The summed E-state index contributed by atoms with van der Waals surface area (Å²) in [6.07, 6.45) is 6.77. The number of hydrogen-bond donors (Lipinski definition) is 0. The minimum Gasteiger partial charge on any atom is -0.462 e. The highest BCUT2D eigenvalue weighted by molar-refractivity contribution is 5.75. The molecule has 1 unspecified atom stereocenters. The molecule has 3 nitrogen and oxygen atoms in total. The minimum atomic E-state index is 0.0772. The van der Waals surface area contributed by atoms with E-state index in [-0.39, 0.29) is 18.0 Å². The molecule has 0 N–H and O–H groups in total. The predicted octanol–water partition coefficient (Wildman–Crippen LogP) is 2.69. The number of carbonyl (C=O) groups excluding carboxylic acids is 1. The topological polar surface area (TPSA) is 29.5 Å². The van der Waals surface area contributed by atoms with E-state index < -0.39 is 0 Å². The summed E-state index contributed by atoms with van der Waals surface area (Å²) < 4.78 is 5.86. The monoisotopic (exact) mass is 277 g/mol. The van der Waals surface area contributed by atoms with Crippen LogP contribution < -0.4 is 0 Å². The van der Waals surface area contributed by atoms with Crippen LogP contribution in [0.3, 0.4) is 0 Å². The van der Waals surface area contributed by atoms with Crippen molar-refractivity contribution in [2.45, 2.75) is 58.1 Å². The summed E-state index contributed by atoms with van der Waals surface area (Å²) in [5.74, 6) is 2.80. The lowest BCUT2D eigenvalue weighted by atomic mass is 9.60. The largest absolute Gasteiger partial charge is 0.462 e. The van der Waals surface area contributed by atoms with Crippen LogP contribution in [-0.4, -0.2) is 36.1 Å². The van der Waals surface area contributed by atoms with Gasteiger partial charge in [0.2, 0.25) is 0 Å². The van der Waals surface area contributed by atoms with E-state index in [0.29, 0.717) is 17.8 Å². The normalized spacial score (nSPS) is 51.3. The number of ether oxygens (including phenoxy) is 1. The molecule has 3 heterocycles. The Morgan fingerprint density at radius 3 is 2.85 bits per heavy atom. The van der Waals surface area contributed by atoms with Crippen LogP contribution in [-0.2, 0) is 9.53 Å². The smallest absolute Gasteiger partial charge is 0.309 e. The van der Waals surface area contributed by atoms with E-state index in [1.165, 1.54) is 45.2 Å². The van der Waals surface area contributed by atoms with E-state index in [0.717, 1.165) is 12.0 Å². The van der Waals surface area contributed by atoms with E-state index >= 15 is 0 Å². The van der Waals surface area contributed by atoms with Crippen molar-refractivity contribution >= 4 is 5.97 Å². The third-order valence-corrected chi connectivity index (χ3v) is 6.80. The Kier molecular flexibility index (Phi) is 3.10. The van der Waals surface area contributed by atoms with Crippen LogP contribution in [0.15, 0.2) is 0 Å². The first-order valence-corrected chi connectivity index (χ1v) is 8.67. The molecule has 1 aliphatic carbocycles. The third-order valence-electron chi connectivity index (χ3n) is 6.80. The van der Waals surface area contributed by atoms with Crippen LogP contribution in [0.2, 0.25) is 0 Å². The summed E-state index contributed by atoms with van der Waals surface area (Å²) in [5.41, 5.74) is 0. The van der Waals surface area contributed by atoms with Gasteiger partial charge in [0, 0.05) is 17.9 Å². The van der Waals surface area contributed by atoms with Crippen LogP contribution in [0.25, 0.3) is 0 Å². The van der Waals surface area contributed by atoms with Gasteiger partial charge in [0.1, 0.15) is 6.10 Å². The molecule has 0 aromatic rings. The summed E-state index contributed by atoms with van der Waals surface area (Å²) in [6, 6.07) is 0.751. The van der Waals surface area contributed by atoms with Gasteiger partial charge >= 0.3 is 5.97 Å². The van der Waals surface area contributed by atoms with Gasteiger partial charge in [-0.25, -0.2) is 0 Å². The molecule has 4 aliphatic rings. The number of esters is 1. The zero-order valence-electron chi connectivity index (χ0n) is 12.8. The van der Waals surface area contributed by atoms with Gasteiger partial charge in [0.05, 0.1) is 5.92 Å². The second kappa shape index (κ2) is 4.72. The van der Waals surface area contributed by atoms with Crippen molar-refractivity contribution < 1.29 is 9.53 Å². The van der Waals surface area contributed by atoms with Gasteiger partial charge in [-0.15, -0.1) is 0 Å². The van der Waals surface area contributed by atoms with Gasteiger partial charge in [-0.1, -0.05) is 20.3 Å². The molecule has 0 aromatic carbocycles. The maximum absolute atomic E-state index is 12.1. The number of rotatable bonds is 1. The first-order chi connectivity index (χ1) is 9.72. The Balaban J connectivity index is 1.74. The van der Waals surface area contributed by atoms with Crippen molar-refractivity contribution in [1.29, 1.82) is 0 Å². The summed E-state index contributed by atoms with van der Waals surface area (Å²) >= 11 is 0. The van der Waals surface area contributed by atoms with Crippen LogP contribution in [0.4, 0.5) is 0 Å². The van der Waals surface area contributed by atoms with Gasteiger partial charge in [-0.05, 0) is 50.6 Å². The van der Waals surface area contributed by atoms with Gasteiger partial charge in [0.15, 0.2) is 0 Å². The maximum Gasteiger partial charge on any atom is 0.309 e. The fourth-order valence-corrected chi connectivity index (χ4v) is 6.04. The van der Waals surface area contributed by atoms with E-state index in [2.05, 4.69) is 18.7 Å². The van der Waals surface area contributed by atoms with E-state index in [1.807, 2.05) is 0 Å². The highest BCUT2D eigenvalue weighted by Crippen LogP contribution is 2.55. The van der Waals surface area contributed by atoms with Crippen molar-refractivity contribution in [3.05, 3.63) is 0 Å². The molecule has 4 fully saturated rings. The lowest BCUT2D eigenvalue weighted by Gasteiger charge is -2.48. The predicted molar refractivity (Wildman–Crippen MR) is 77.1 cm³/mol. The maximum atomic E-state index is 12.1. The Morgan fingerprint density at radius 1 is 1.20 bits per heavy atom. The zero-order valence-corrected chi connectivity index (χ0v) is 12.8. The summed E-state index contributed by atoms with van der Waals surface area (Å²) in [5, 5.41) is 0. The molecule has 0 radical (unpaired) electrons. The fourth-order valence-electron chi connectivity index (χ4n) is 6.04. The Labute approximate surface area is 122 Å². The molecule has 0 amide bonds. The quantitative estimate of drug-likeness (QED) is 0.690. The van der Waals surface area contributed by atoms with Gasteiger partial charge in [0.25, 0.3) is 0 Å². The Hall–Kier alpha value is -0.570. The summed E-state index contributed by atoms with van der Waals surface area (Å²) in [7, 11) is 0. The molecular weight excluding hydrogens is 250 g/mol. The van der Waals surface area contributed by atoms with Crippen LogP contribution in [0, 0.1) is 29.6 Å². The van der Waals surface area contributed by atoms with Gasteiger partial charge < -0.3 is 4.74 Å². The van der Waals surface area contributed by atoms with Crippen LogP contribution >= 0.6 is 0 Å². The second-order valence-corrected chi connectivity index (χ2v) is 7.48.